The Balaban J connectivity index is 2.08. The molecule has 3 nitrogen and oxygen atoms in total. The van der Waals surface area contributed by atoms with Gasteiger partial charge in [-0.1, -0.05) is 11.6 Å². The van der Waals surface area contributed by atoms with Crippen LogP contribution in [0.25, 0.3) is 16.4 Å². The van der Waals surface area contributed by atoms with Gasteiger partial charge in [0, 0.05) is 22.7 Å². The lowest BCUT2D eigenvalue weighted by Gasteiger charge is -2.11. The van der Waals surface area contributed by atoms with E-state index in [9.17, 15) is 14.4 Å². The van der Waals surface area contributed by atoms with Gasteiger partial charge in [-0.05, 0) is 54.6 Å². The zero-order chi connectivity index (χ0) is 17.6. The Morgan fingerprint density at radius 2 is 1.88 bits per heavy atom. The molecule has 0 atom stereocenters. The summed E-state index contributed by atoms with van der Waals surface area (Å²) in [5.74, 6) is -0.689. The number of rotatable bonds is 2. The maximum absolute atomic E-state index is 13.2. The molecule has 0 radical (unpaired) electrons. The number of ketones is 1. The van der Waals surface area contributed by atoms with E-state index >= 15 is 0 Å². The molecule has 0 unspecified atom stereocenters. The van der Waals surface area contributed by atoms with E-state index in [1.807, 2.05) is 22.7 Å². The van der Waals surface area contributed by atoms with E-state index in [0.29, 0.717) is 32.6 Å². The number of fused-ring (bicyclic) bond motifs is 3. The van der Waals surface area contributed by atoms with Crippen LogP contribution in [0.3, 0.4) is 0 Å². The zero-order valence-electron chi connectivity index (χ0n) is 12.8. The molecular weight excluding hydrogens is 339 g/mol. The minimum absolute atomic E-state index is 0.278. The molecule has 120 valence electrons. The molecule has 2 heterocycles. The summed E-state index contributed by atoms with van der Waals surface area (Å²) in [6.07, 6.45) is 1.82. The van der Waals surface area contributed by atoms with Crippen molar-refractivity contribution in [1.82, 2.24) is 4.40 Å². The summed E-state index contributed by atoms with van der Waals surface area (Å²) in [5, 5.41) is 10.5. The summed E-state index contributed by atoms with van der Waals surface area (Å²) in [6, 6.07) is 16.1. The Morgan fingerprint density at radius 3 is 2.60 bits per heavy atom. The number of pyridine rings is 1. The molecule has 5 heteroatoms. The average Bonchev–Trinajstić information content (AvgIpc) is 3.11. The number of carbonyl (C=O) groups excluding carboxylic acids is 1. The molecule has 0 N–H and O–H groups in total. The van der Waals surface area contributed by atoms with Crippen LogP contribution in [0, 0.1) is 17.1 Å². The lowest BCUT2D eigenvalue weighted by atomic mass is 9.97. The first-order valence-corrected chi connectivity index (χ1v) is 7.90. The zero-order valence-corrected chi connectivity index (χ0v) is 13.6. The van der Waals surface area contributed by atoms with Gasteiger partial charge in [-0.3, -0.25) is 4.79 Å². The minimum atomic E-state index is -0.410. The van der Waals surface area contributed by atoms with Crippen LogP contribution in [0.4, 0.5) is 4.39 Å². The fourth-order valence-corrected chi connectivity index (χ4v) is 3.28. The Morgan fingerprint density at radius 1 is 1.12 bits per heavy atom. The molecule has 2 aromatic heterocycles. The molecular formula is C20H10ClFN2O. The van der Waals surface area contributed by atoms with Gasteiger partial charge in [0.15, 0.2) is 5.78 Å². The normalized spacial score (nSPS) is 10.9. The van der Waals surface area contributed by atoms with Gasteiger partial charge in [0.05, 0.1) is 27.7 Å². The van der Waals surface area contributed by atoms with Gasteiger partial charge in [0.2, 0.25) is 0 Å². The Labute approximate surface area is 147 Å². The van der Waals surface area contributed by atoms with Gasteiger partial charge in [0.25, 0.3) is 0 Å². The quantitative estimate of drug-likeness (QED) is 0.479. The van der Waals surface area contributed by atoms with Crippen LogP contribution in [-0.4, -0.2) is 10.2 Å². The molecule has 0 aliphatic carbocycles. The van der Waals surface area contributed by atoms with E-state index in [1.54, 1.807) is 18.2 Å². The number of halogens is 2. The fourth-order valence-electron chi connectivity index (χ4n) is 3.01. The molecule has 0 aliphatic heterocycles. The smallest absolute Gasteiger partial charge is 0.195 e. The largest absolute Gasteiger partial charge is 0.314 e. The highest BCUT2D eigenvalue weighted by atomic mass is 35.5. The SMILES string of the molecule is N#Cc1cc(C(=O)c2ccc(F)cc2)c2c(c1)cc(Cl)c1cccn12. The minimum Gasteiger partial charge on any atom is -0.314 e. The van der Waals surface area contributed by atoms with Crippen molar-refractivity contribution in [1.29, 1.82) is 5.26 Å². The summed E-state index contributed by atoms with van der Waals surface area (Å²) in [7, 11) is 0. The average molecular weight is 349 g/mol. The van der Waals surface area contributed by atoms with Crippen LogP contribution in [0.1, 0.15) is 21.5 Å². The van der Waals surface area contributed by atoms with Crippen LogP contribution in [-0.2, 0) is 0 Å². The van der Waals surface area contributed by atoms with Crippen molar-refractivity contribution in [2.75, 3.05) is 0 Å². The van der Waals surface area contributed by atoms with Crippen molar-refractivity contribution in [2.45, 2.75) is 0 Å². The number of carbonyl (C=O) groups is 1. The third-order valence-electron chi connectivity index (χ3n) is 4.14. The highest BCUT2D eigenvalue weighted by Crippen LogP contribution is 2.30. The second kappa shape index (κ2) is 5.73. The summed E-state index contributed by atoms with van der Waals surface area (Å²) < 4.78 is 15.0. The van der Waals surface area contributed by atoms with Crippen molar-refractivity contribution >= 4 is 33.8 Å². The van der Waals surface area contributed by atoms with Crippen LogP contribution in [0.15, 0.2) is 60.8 Å². The molecule has 4 aromatic rings. The first-order chi connectivity index (χ1) is 12.1. The Hall–Kier alpha value is -3.16. The van der Waals surface area contributed by atoms with Gasteiger partial charge in [0.1, 0.15) is 5.82 Å². The van der Waals surface area contributed by atoms with Crippen molar-refractivity contribution < 1.29 is 9.18 Å². The van der Waals surface area contributed by atoms with Crippen molar-refractivity contribution in [3.05, 3.63) is 88.3 Å². The first kappa shape index (κ1) is 15.4. The summed E-state index contributed by atoms with van der Waals surface area (Å²) in [5.41, 5.74) is 2.52. The molecule has 0 fully saturated rings. The molecule has 0 saturated carbocycles. The highest BCUT2D eigenvalue weighted by molar-refractivity contribution is 6.35. The van der Waals surface area contributed by atoms with E-state index in [2.05, 4.69) is 6.07 Å². The second-order valence-electron chi connectivity index (χ2n) is 5.67. The Bertz CT molecular complexity index is 1190. The number of aromatic nitrogens is 1. The number of nitriles is 1. The lowest BCUT2D eigenvalue weighted by molar-refractivity contribution is 0.104. The molecule has 25 heavy (non-hydrogen) atoms. The predicted octanol–water partition coefficient (Wildman–Crippen LogP) is 4.99. The summed E-state index contributed by atoms with van der Waals surface area (Å²) in [6.45, 7) is 0. The third-order valence-corrected chi connectivity index (χ3v) is 4.44. The molecule has 0 spiro atoms. The standard InChI is InChI=1S/C20H10ClFN2O/c21-17-10-14-8-12(11-23)9-16(19(14)24-7-1-2-18(17)24)20(25)13-3-5-15(22)6-4-13/h1-10H. The highest BCUT2D eigenvalue weighted by Gasteiger charge is 2.17. The van der Waals surface area contributed by atoms with Crippen molar-refractivity contribution in [3.63, 3.8) is 0 Å². The predicted molar refractivity (Wildman–Crippen MR) is 94.5 cm³/mol. The van der Waals surface area contributed by atoms with Crippen LogP contribution in [0.2, 0.25) is 5.02 Å². The number of nitrogens with zero attached hydrogens (tertiary/aromatic N) is 2. The monoisotopic (exact) mass is 348 g/mol. The van der Waals surface area contributed by atoms with Crippen molar-refractivity contribution in [3.8, 4) is 6.07 Å². The molecule has 2 aromatic carbocycles. The van der Waals surface area contributed by atoms with E-state index < -0.39 is 5.82 Å². The molecule has 0 aliphatic rings. The van der Waals surface area contributed by atoms with Gasteiger partial charge in [-0.25, -0.2) is 4.39 Å². The van der Waals surface area contributed by atoms with E-state index in [4.69, 9.17) is 11.6 Å². The maximum Gasteiger partial charge on any atom is 0.195 e. The topological polar surface area (TPSA) is 45.3 Å². The first-order valence-electron chi connectivity index (χ1n) is 7.52. The molecule has 0 amide bonds. The molecule has 4 rings (SSSR count). The van der Waals surface area contributed by atoms with Gasteiger partial charge in [-0.15, -0.1) is 0 Å². The van der Waals surface area contributed by atoms with Gasteiger partial charge in [-0.2, -0.15) is 5.26 Å². The van der Waals surface area contributed by atoms with Crippen LogP contribution < -0.4 is 0 Å². The second-order valence-corrected chi connectivity index (χ2v) is 6.07. The van der Waals surface area contributed by atoms with E-state index in [1.165, 1.54) is 24.3 Å². The summed E-state index contributed by atoms with van der Waals surface area (Å²) >= 11 is 6.31. The van der Waals surface area contributed by atoms with Crippen molar-refractivity contribution in [2.24, 2.45) is 0 Å². The Kier molecular flexibility index (Phi) is 3.52. The van der Waals surface area contributed by atoms with Gasteiger partial charge < -0.3 is 4.40 Å². The molecule has 0 saturated heterocycles. The van der Waals surface area contributed by atoms with Gasteiger partial charge >= 0.3 is 0 Å². The number of hydrogen-bond donors (Lipinski definition) is 0. The molecule has 0 bridgehead atoms. The van der Waals surface area contributed by atoms with Crippen LogP contribution in [0.5, 0.6) is 0 Å². The third kappa shape index (κ3) is 2.46. The summed E-state index contributed by atoms with van der Waals surface area (Å²) in [4.78, 5) is 13.0. The number of hydrogen-bond acceptors (Lipinski definition) is 2. The van der Waals surface area contributed by atoms with E-state index in [-0.39, 0.29) is 5.78 Å². The fraction of sp³-hybridized carbons (Fsp3) is 0. The van der Waals surface area contributed by atoms with E-state index in [0.717, 1.165) is 5.52 Å². The lowest BCUT2D eigenvalue weighted by Crippen LogP contribution is -2.05. The maximum atomic E-state index is 13.2. The van der Waals surface area contributed by atoms with Crippen LogP contribution >= 0.6 is 11.6 Å². The number of benzene rings is 2.